The van der Waals surface area contributed by atoms with Crippen LogP contribution >= 0.6 is 11.6 Å². The van der Waals surface area contributed by atoms with Gasteiger partial charge in [-0.1, -0.05) is 29.8 Å². The lowest BCUT2D eigenvalue weighted by atomic mass is 10.1. The standard InChI is InChI=1S/C18H17ClN4O5/c19-15-6-5-13(11-17(15)23(27)28)18(24)21-9-7-20(8-10-21)12-14-3-1-2-4-16(14)22(25)26/h1-6,11H,7-10,12H2. The number of benzene rings is 2. The molecule has 0 saturated carbocycles. The normalized spacial score (nSPS) is 14.7. The van der Waals surface area contributed by atoms with E-state index >= 15 is 0 Å². The van der Waals surface area contributed by atoms with Crippen LogP contribution in [0.1, 0.15) is 15.9 Å². The van der Waals surface area contributed by atoms with Crippen LogP contribution in [0.2, 0.25) is 5.02 Å². The van der Waals surface area contributed by atoms with E-state index < -0.39 is 9.85 Å². The predicted molar refractivity (Wildman–Crippen MR) is 102 cm³/mol. The van der Waals surface area contributed by atoms with Crippen LogP contribution in [0.25, 0.3) is 0 Å². The number of nitrogens with zero attached hydrogens (tertiary/aromatic N) is 4. The third-order valence-corrected chi connectivity index (χ3v) is 4.95. The second-order valence-corrected chi connectivity index (χ2v) is 6.78. The number of nitro benzene ring substituents is 2. The van der Waals surface area contributed by atoms with Crippen molar-refractivity contribution in [3.05, 3.63) is 78.8 Å². The Balaban J connectivity index is 1.64. The number of amides is 1. The largest absolute Gasteiger partial charge is 0.336 e. The van der Waals surface area contributed by atoms with E-state index in [-0.39, 0.29) is 27.9 Å². The van der Waals surface area contributed by atoms with Gasteiger partial charge < -0.3 is 4.90 Å². The second kappa shape index (κ2) is 8.32. The van der Waals surface area contributed by atoms with E-state index in [1.54, 1.807) is 23.1 Å². The van der Waals surface area contributed by atoms with Gasteiger partial charge in [-0.3, -0.25) is 29.9 Å². The molecule has 0 aromatic heterocycles. The lowest BCUT2D eigenvalue weighted by Gasteiger charge is -2.34. The van der Waals surface area contributed by atoms with Crippen molar-refractivity contribution in [3.8, 4) is 0 Å². The molecule has 28 heavy (non-hydrogen) atoms. The molecule has 1 amide bonds. The van der Waals surface area contributed by atoms with Gasteiger partial charge in [0.1, 0.15) is 5.02 Å². The monoisotopic (exact) mass is 404 g/mol. The summed E-state index contributed by atoms with van der Waals surface area (Å²) in [7, 11) is 0. The maximum Gasteiger partial charge on any atom is 0.288 e. The molecule has 0 aliphatic carbocycles. The summed E-state index contributed by atoms with van der Waals surface area (Å²) in [5, 5.41) is 22.1. The summed E-state index contributed by atoms with van der Waals surface area (Å²) in [4.78, 5) is 37.4. The summed E-state index contributed by atoms with van der Waals surface area (Å²) < 4.78 is 0. The molecule has 0 bridgehead atoms. The van der Waals surface area contributed by atoms with Crippen molar-refractivity contribution in [1.82, 2.24) is 9.80 Å². The van der Waals surface area contributed by atoms with Gasteiger partial charge in [0, 0.05) is 56.0 Å². The molecule has 3 rings (SSSR count). The van der Waals surface area contributed by atoms with Crippen LogP contribution < -0.4 is 0 Å². The van der Waals surface area contributed by atoms with Gasteiger partial charge in [-0.05, 0) is 12.1 Å². The zero-order valence-corrected chi connectivity index (χ0v) is 15.5. The third kappa shape index (κ3) is 4.26. The number of piperazine rings is 1. The van der Waals surface area contributed by atoms with Crippen molar-refractivity contribution in [2.24, 2.45) is 0 Å². The van der Waals surface area contributed by atoms with Gasteiger partial charge in [-0.2, -0.15) is 0 Å². The highest BCUT2D eigenvalue weighted by Crippen LogP contribution is 2.26. The van der Waals surface area contributed by atoms with Gasteiger partial charge >= 0.3 is 0 Å². The van der Waals surface area contributed by atoms with Crippen LogP contribution in [-0.4, -0.2) is 51.7 Å². The maximum atomic E-state index is 12.6. The van der Waals surface area contributed by atoms with E-state index in [0.29, 0.717) is 38.3 Å². The van der Waals surface area contributed by atoms with Crippen molar-refractivity contribution in [1.29, 1.82) is 0 Å². The minimum absolute atomic E-state index is 0.0178. The molecule has 2 aromatic carbocycles. The summed E-state index contributed by atoms with van der Waals surface area (Å²) in [5.74, 6) is -0.301. The van der Waals surface area contributed by atoms with Gasteiger partial charge in [0.15, 0.2) is 0 Å². The Morgan fingerprint density at radius 1 is 0.964 bits per heavy atom. The van der Waals surface area contributed by atoms with E-state index in [4.69, 9.17) is 11.6 Å². The summed E-state index contributed by atoms with van der Waals surface area (Å²) in [6.45, 7) is 2.37. The molecule has 1 aliphatic rings. The van der Waals surface area contributed by atoms with E-state index in [2.05, 4.69) is 0 Å². The number of nitro groups is 2. The van der Waals surface area contributed by atoms with Crippen LogP contribution in [0.4, 0.5) is 11.4 Å². The number of hydrogen-bond acceptors (Lipinski definition) is 6. The van der Waals surface area contributed by atoms with Gasteiger partial charge in [0.2, 0.25) is 0 Å². The highest BCUT2D eigenvalue weighted by molar-refractivity contribution is 6.32. The molecule has 0 spiro atoms. The molecule has 1 fully saturated rings. The first-order chi connectivity index (χ1) is 13.4. The molecular weight excluding hydrogens is 388 g/mol. The van der Waals surface area contributed by atoms with E-state index in [9.17, 15) is 25.0 Å². The molecule has 0 N–H and O–H groups in total. The molecule has 0 atom stereocenters. The molecule has 0 radical (unpaired) electrons. The zero-order valence-electron chi connectivity index (χ0n) is 14.8. The van der Waals surface area contributed by atoms with Gasteiger partial charge in [0.25, 0.3) is 17.3 Å². The number of carbonyl (C=O) groups excluding carboxylic acids is 1. The second-order valence-electron chi connectivity index (χ2n) is 6.38. The minimum Gasteiger partial charge on any atom is -0.336 e. The highest BCUT2D eigenvalue weighted by atomic mass is 35.5. The quantitative estimate of drug-likeness (QED) is 0.559. The SMILES string of the molecule is O=C(c1ccc(Cl)c([N+](=O)[O-])c1)N1CCN(Cc2ccccc2[N+](=O)[O-])CC1. The fourth-order valence-corrected chi connectivity index (χ4v) is 3.33. The van der Waals surface area contributed by atoms with Crippen LogP contribution in [0.5, 0.6) is 0 Å². The Kier molecular flexibility index (Phi) is 5.86. The molecular formula is C18H17ClN4O5. The van der Waals surface area contributed by atoms with Gasteiger partial charge in [-0.15, -0.1) is 0 Å². The van der Waals surface area contributed by atoms with Crippen molar-refractivity contribution < 1.29 is 14.6 Å². The van der Waals surface area contributed by atoms with E-state index in [0.717, 1.165) is 0 Å². The van der Waals surface area contributed by atoms with Crippen molar-refractivity contribution in [2.75, 3.05) is 26.2 Å². The first kappa shape index (κ1) is 19.7. The smallest absolute Gasteiger partial charge is 0.288 e. The fraction of sp³-hybridized carbons (Fsp3) is 0.278. The Morgan fingerprint density at radius 2 is 1.61 bits per heavy atom. The average Bonchev–Trinajstić information content (AvgIpc) is 2.68. The van der Waals surface area contributed by atoms with Crippen LogP contribution in [0.15, 0.2) is 42.5 Å². The predicted octanol–water partition coefficient (Wildman–Crippen LogP) is 3.11. The number of carbonyl (C=O) groups is 1. The number of para-hydroxylation sites is 1. The van der Waals surface area contributed by atoms with E-state index in [1.807, 2.05) is 4.90 Å². The van der Waals surface area contributed by atoms with Crippen LogP contribution in [0.3, 0.4) is 0 Å². The molecule has 1 saturated heterocycles. The molecule has 146 valence electrons. The van der Waals surface area contributed by atoms with Gasteiger partial charge in [0.05, 0.1) is 9.85 Å². The molecule has 2 aromatic rings. The van der Waals surface area contributed by atoms with Crippen molar-refractivity contribution in [3.63, 3.8) is 0 Å². The number of rotatable bonds is 5. The summed E-state index contributed by atoms with van der Waals surface area (Å²) in [6, 6.07) is 10.6. The fourth-order valence-electron chi connectivity index (χ4n) is 3.14. The molecule has 1 heterocycles. The Morgan fingerprint density at radius 3 is 2.25 bits per heavy atom. The Hall–Kier alpha value is -3.04. The summed E-state index contributed by atoms with van der Waals surface area (Å²) >= 11 is 5.79. The van der Waals surface area contributed by atoms with Gasteiger partial charge in [-0.25, -0.2) is 0 Å². The summed E-state index contributed by atoms with van der Waals surface area (Å²) in [6.07, 6.45) is 0. The zero-order chi connectivity index (χ0) is 20.3. The lowest BCUT2D eigenvalue weighted by molar-refractivity contribution is -0.385. The molecule has 0 unspecified atom stereocenters. The molecule has 1 aliphatic heterocycles. The van der Waals surface area contributed by atoms with Crippen molar-refractivity contribution in [2.45, 2.75) is 6.54 Å². The third-order valence-electron chi connectivity index (χ3n) is 4.63. The van der Waals surface area contributed by atoms with Crippen molar-refractivity contribution >= 4 is 28.9 Å². The van der Waals surface area contributed by atoms with E-state index in [1.165, 1.54) is 24.3 Å². The number of halogens is 1. The van der Waals surface area contributed by atoms with Crippen LogP contribution in [-0.2, 0) is 6.54 Å². The van der Waals surface area contributed by atoms with Crippen LogP contribution in [0, 0.1) is 20.2 Å². The average molecular weight is 405 g/mol. The topological polar surface area (TPSA) is 110 Å². The molecule has 9 nitrogen and oxygen atoms in total. The number of hydrogen-bond donors (Lipinski definition) is 0. The molecule has 10 heteroatoms. The summed E-state index contributed by atoms with van der Waals surface area (Å²) in [5.41, 5.74) is 0.612. The first-order valence-electron chi connectivity index (χ1n) is 8.54. The Bertz CT molecular complexity index is 928. The Labute approximate surface area is 165 Å². The minimum atomic E-state index is -0.621. The highest BCUT2D eigenvalue weighted by Gasteiger charge is 2.25. The maximum absolute atomic E-state index is 12.6. The lowest BCUT2D eigenvalue weighted by Crippen LogP contribution is -2.48. The first-order valence-corrected chi connectivity index (χ1v) is 8.92.